The topological polar surface area (TPSA) is 41.6 Å². The molecule has 0 aromatic carbocycles. The van der Waals surface area contributed by atoms with Crippen LogP contribution < -0.4 is 5.32 Å². The number of carbonyl (C=O) groups is 1. The van der Waals surface area contributed by atoms with E-state index in [4.69, 9.17) is 4.74 Å². The Morgan fingerprint density at radius 3 is 2.41 bits per heavy atom. The molecule has 17 heavy (non-hydrogen) atoms. The van der Waals surface area contributed by atoms with E-state index in [1.165, 1.54) is 0 Å². The Balaban J connectivity index is 2.32. The molecule has 0 unspecified atom stereocenters. The number of likely N-dealkylation sites (N-methyl/N-ethyl adjacent to an activating group) is 1. The zero-order valence-corrected chi connectivity index (χ0v) is 11.5. The minimum absolute atomic E-state index is 0.103. The van der Waals surface area contributed by atoms with E-state index in [0.29, 0.717) is 12.1 Å². The third-order valence-corrected chi connectivity index (χ3v) is 3.59. The van der Waals surface area contributed by atoms with Crippen LogP contribution in [0.1, 0.15) is 39.5 Å². The summed E-state index contributed by atoms with van der Waals surface area (Å²) in [5.74, 6) is 0.103. The summed E-state index contributed by atoms with van der Waals surface area (Å²) in [4.78, 5) is 13.8. The van der Waals surface area contributed by atoms with Crippen LogP contribution in [0.2, 0.25) is 0 Å². The molecule has 1 fully saturated rings. The van der Waals surface area contributed by atoms with Gasteiger partial charge in [-0.1, -0.05) is 0 Å². The molecule has 1 saturated carbocycles. The Bertz CT molecular complexity index is 236. The average molecular weight is 242 g/mol. The van der Waals surface area contributed by atoms with Gasteiger partial charge in [-0.3, -0.25) is 4.79 Å². The normalized spacial score (nSPS) is 25.0. The van der Waals surface area contributed by atoms with Gasteiger partial charge >= 0.3 is 0 Å². The first-order valence-electron chi connectivity index (χ1n) is 6.59. The van der Waals surface area contributed by atoms with Gasteiger partial charge in [0, 0.05) is 19.1 Å². The molecule has 0 radical (unpaired) electrons. The number of hydrogen-bond donors (Lipinski definition) is 1. The Morgan fingerprint density at radius 2 is 1.94 bits per heavy atom. The lowest BCUT2D eigenvalue weighted by Gasteiger charge is -2.34. The van der Waals surface area contributed by atoms with Crippen LogP contribution in [-0.4, -0.2) is 49.7 Å². The summed E-state index contributed by atoms with van der Waals surface area (Å²) in [6.45, 7) is 4.11. The van der Waals surface area contributed by atoms with Crippen molar-refractivity contribution in [2.75, 3.05) is 20.7 Å². The van der Waals surface area contributed by atoms with Gasteiger partial charge in [-0.25, -0.2) is 0 Å². The molecule has 0 aliphatic heterocycles. The van der Waals surface area contributed by atoms with Crippen molar-refractivity contribution < 1.29 is 9.53 Å². The highest BCUT2D eigenvalue weighted by atomic mass is 16.5. The number of ether oxygens (including phenoxy) is 1. The molecule has 1 amide bonds. The van der Waals surface area contributed by atoms with Gasteiger partial charge in [-0.05, 0) is 46.6 Å². The lowest BCUT2D eigenvalue weighted by atomic mass is 9.90. The highest BCUT2D eigenvalue weighted by Gasteiger charge is 2.25. The summed E-state index contributed by atoms with van der Waals surface area (Å²) in [6, 6.07) is 1.02. The molecule has 100 valence electrons. The van der Waals surface area contributed by atoms with Gasteiger partial charge in [0.05, 0.1) is 6.10 Å². The Morgan fingerprint density at radius 1 is 1.35 bits per heavy atom. The summed E-state index contributed by atoms with van der Waals surface area (Å²) >= 11 is 0. The second-order valence-electron chi connectivity index (χ2n) is 5.16. The van der Waals surface area contributed by atoms with E-state index in [2.05, 4.69) is 5.32 Å². The molecular formula is C13H26N2O2. The van der Waals surface area contributed by atoms with E-state index < -0.39 is 0 Å². The van der Waals surface area contributed by atoms with E-state index in [9.17, 15) is 4.79 Å². The fourth-order valence-electron chi connectivity index (χ4n) is 2.30. The van der Waals surface area contributed by atoms with E-state index in [1.54, 1.807) is 0 Å². The van der Waals surface area contributed by atoms with Crippen molar-refractivity contribution in [3.05, 3.63) is 0 Å². The summed E-state index contributed by atoms with van der Waals surface area (Å²) in [6.07, 6.45) is 4.62. The van der Waals surface area contributed by atoms with Crippen molar-refractivity contribution in [2.45, 2.75) is 57.7 Å². The van der Waals surface area contributed by atoms with Gasteiger partial charge in [0.2, 0.25) is 5.91 Å². The van der Waals surface area contributed by atoms with Crippen LogP contribution in [0.3, 0.4) is 0 Å². The monoisotopic (exact) mass is 242 g/mol. The van der Waals surface area contributed by atoms with Crippen molar-refractivity contribution >= 4 is 5.91 Å². The van der Waals surface area contributed by atoms with Crippen LogP contribution in [0, 0.1) is 0 Å². The number of rotatable bonds is 5. The van der Waals surface area contributed by atoms with Crippen LogP contribution in [0.4, 0.5) is 0 Å². The van der Waals surface area contributed by atoms with E-state index >= 15 is 0 Å². The van der Waals surface area contributed by atoms with Gasteiger partial charge in [0.1, 0.15) is 6.61 Å². The predicted molar refractivity (Wildman–Crippen MR) is 69.0 cm³/mol. The fraction of sp³-hybridized carbons (Fsp3) is 0.923. The largest absolute Gasteiger partial charge is 0.369 e. The maximum atomic E-state index is 11.9. The van der Waals surface area contributed by atoms with Gasteiger partial charge in [-0.15, -0.1) is 0 Å². The molecule has 1 aliphatic carbocycles. The number of hydrogen-bond acceptors (Lipinski definition) is 3. The molecule has 0 saturated heterocycles. The van der Waals surface area contributed by atoms with Gasteiger partial charge in [-0.2, -0.15) is 0 Å². The smallest absolute Gasteiger partial charge is 0.248 e. The zero-order chi connectivity index (χ0) is 12.8. The number of carbonyl (C=O) groups excluding carboxylic acids is 1. The molecule has 1 N–H and O–H groups in total. The zero-order valence-electron chi connectivity index (χ0n) is 11.5. The van der Waals surface area contributed by atoms with Crippen LogP contribution in [0.15, 0.2) is 0 Å². The van der Waals surface area contributed by atoms with Crippen LogP contribution in [-0.2, 0) is 9.53 Å². The van der Waals surface area contributed by atoms with E-state index in [0.717, 1.165) is 25.7 Å². The number of nitrogens with one attached hydrogen (secondary N) is 1. The molecule has 0 aromatic rings. The molecular weight excluding hydrogens is 216 g/mol. The van der Waals surface area contributed by atoms with Gasteiger partial charge < -0.3 is 15.0 Å². The van der Waals surface area contributed by atoms with Gasteiger partial charge in [0.25, 0.3) is 0 Å². The van der Waals surface area contributed by atoms with Crippen molar-refractivity contribution in [1.82, 2.24) is 10.2 Å². The summed E-state index contributed by atoms with van der Waals surface area (Å²) in [5.41, 5.74) is 0. The van der Waals surface area contributed by atoms with E-state index in [-0.39, 0.29) is 18.6 Å². The molecule has 1 rings (SSSR count). The highest BCUT2D eigenvalue weighted by Crippen LogP contribution is 2.22. The maximum absolute atomic E-state index is 11.9. The molecule has 0 aromatic heterocycles. The summed E-state index contributed by atoms with van der Waals surface area (Å²) in [5, 5.41) is 3.30. The fourth-order valence-corrected chi connectivity index (χ4v) is 2.30. The van der Waals surface area contributed by atoms with Crippen LogP contribution in [0.5, 0.6) is 0 Å². The molecule has 4 heteroatoms. The Labute approximate surface area is 105 Å². The third kappa shape index (κ3) is 4.64. The minimum Gasteiger partial charge on any atom is -0.369 e. The molecule has 0 heterocycles. The second-order valence-corrected chi connectivity index (χ2v) is 5.16. The van der Waals surface area contributed by atoms with Crippen molar-refractivity contribution in [3.8, 4) is 0 Å². The quantitative estimate of drug-likeness (QED) is 0.792. The predicted octanol–water partition coefficient (Wildman–Crippen LogP) is 1.40. The standard InChI is InChI=1S/C13H26N2O2/c1-10(2)17-9-13(16)15(4)12-7-5-11(14-3)6-8-12/h10-12,14H,5-9H2,1-4H3. The first-order chi connectivity index (χ1) is 8.04. The van der Waals surface area contributed by atoms with Gasteiger partial charge in [0.15, 0.2) is 0 Å². The van der Waals surface area contributed by atoms with E-state index in [1.807, 2.05) is 32.8 Å². The first kappa shape index (κ1) is 14.5. The first-order valence-corrected chi connectivity index (χ1v) is 6.59. The summed E-state index contributed by atoms with van der Waals surface area (Å²) < 4.78 is 5.35. The average Bonchev–Trinajstić information content (AvgIpc) is 2.35. The maximum Gasteiger partial charge on any atom is 0.248 e. The Hall–Kier alpha value is -0.610. The minimum atomic E-state index is 0.103. The number of nitrogens with zero attached hydrogens (tertiary/aromatic N) is 1. The van der Waals surface area contributed by atoms with Crippen molar-refractivity contribution in [1.29, 1.82) is 0 Å². The highest BCUT2D eigenvalue weighted by molar-refractivity contribution is 5.77. The third-order valence-electron chi connectivity index (χ3n) is 3.59. The lowest BCUT2D eigenvalue weighted by Crippen LogP contribution is -2.44. The SMILES string of the molecule is CNC1CCC(N(C)C(=O)COC(C)C)CC1. The van der Waals surface area contributed by atoms with Crippen LogP contribution >= 0.6 is 0 Å². The molecule has 0 spiro atoms. The van der Waals surface area contributed by atoms with Crippen molar-refractivity contribution in [2.24, 2.45) is 0 Å². The molecule has 0 bridgehead atoms. The number of amides is 1. The van der Waals surface area contributed by atoms with Crippen LogP contribution in [0.25, 0.3) is 0 Å². The lowest BCUT2D eigenvalue weighted by molar-refractivity contribution is -0.139. The molecule has 0 atom stereocenters. The van der Waals surface area contributed by atoms with Crippen molar-refractivity contribution in [3.63, 3.8) is 0 Å². The molecule has 1 aliphatic rings. The Kier molecular flexibility index (Phi) is 5.92. The summed E-state index contributed by atoms with van der Waals surface area (Å²) in [7, 11) is 3.91. The molecule has 4 nitrogen and oxygen atoms in total. The second kappa shape index (κ2) is 6.97.